The summed E-state index contributed by atoms with van der Waals surface area (Å²) in [7, 11) is 0. The second-order valence-electron chi connectivity index (χ2n) is 4.93. The van der Waals surface area contributed by atoms with Crippen molar-refractivity contribution >= 4 is 11.0 Å². The predicted octanol–water partition coefficient (Wildman–Crippen LogP) is 2.91. The Morgan fingerprint density at radius 1 is 1.33 bits per heavy atom. The average molecular weight is 245 g/mol. The van der Waals surface area contributed by atoms with E-state index in [1.807, 2.05) is 0 Å². The van der Waals surface area contributed by atoms with Gasteiger partial charge in [-0.05, 0) is 45.0 Å². The normalized spacial score (nSPS) is 13.1. The van der Waals surface area contributed by atoms with Crippen LogP contribution < -0.4 is 5.32 Å². The third-order valence-corrected chi connectivity index (χ3v) is 3.34. The monoisotopic (exact) mass is 245 g/mol. The Kier molecular flexibility index (Phi) is 4.02. The first-order valence-corrected chi connectivity index (χ1v) is 6.84. The minimum absolute atomic E-state index is 0.471. The van der Waals surface area contributed by atoms with E-state index in [9.17, 15) is 0 Å². The fraction of sp³-hybridized carbons (Fsp3) is 0.533. The van der Waals surface area contributed by atoms with Crippen molar-refractivity contribution in [1.29, 1.82) is 0 Å². The van der Waals surface area contributed by atoms with Crippen LogP contribution >= 0.6 is 0 Å². The van der Waals surface area contributed by atoms with Crippen molar-refractivity contribution in [2.24, 2.45) is 0 Å². The Balaban J connectivity index is 2.37. The van der Waals surface area contributed by atoms with Crippen molar-refractivity contribution in [2.45, 2.75) is 46.7 Å². The first-order chi connectivity index (χ1) is 8.65. The van der Waals surface area contributed by atoms with E-state index in [-0.39, 0.29) is 0 Å². The molecule has 18 heavy (non-hydrogen) atoms. The van der Waals surface area contributed by atoms with Crippen LogP contribution in [0.15, 0.2) is 18.2 Å². The van der Waals surface area contributed by atoms with Gasteiger partial charge < -0.3 is 9.88 Å². The standard InChI is InChI=1S/C15H23N3/c1-5-16-12(4)10-15-17-13-9-11(3)7-8-14(13)18(15)6-2/h7-9,12,16H,5-6,10H2,1-4H3. The van der Waals surface area contributed by atoms with Gasteiger partial charge in [0.25, 0.3) is 0 Å². The van der Waals surface area contributed by atoms with Gasteiger partial charge in [0.05, 0.1) is 11.0 Å². The van der Waals surface area contributed by atoms with E-state index < -0.39 is 0 Å². The number of hydrogen-bond donors (Lipinski definition) is 1. The molecule has 1 unspecified atom stereocenters. The summed E-state index contributed by atoms with van der Waals surface area (Å²) in [6, 6.07) is 6.98. The molecule has 1 N–H and O–H groups in total. The smallest absolute Gasteiger partial charge is 0.111 e. The van der Waals surface area contributed by atoms with Gasteiger partial charge >= 0.3 is 0 Å². The molecule has 1 aromatic heterocycles. The predicted molar refractivity (Wildman–Crippen MR) is 77.0 cm³/mol. The Labute approximate surface area is 109 Å². The van der Waals surface area contributed by atoms with Crippen LogP contribution in [0.3, 0.4) is 0 Å². The number of benzene rings is 1. The fourth-order valence-corrected chi connectivity index (χ4v) is 2.49. The maximum atomic E-state index is 4.79. The highest BCUT2D eigenvalue weighted by Gasteiger charge is 2.12. The summed E-state index contributed by atoms with van der Waals surface area (Å²) in [6.45, 7) is 10.6. The molecule has 0 radical (unpaired) electrons. The second-order valence-corrected chi connectivity index (χ2v) is 4.93. The number of rotatable bonds is 5. The molecule has 0 aliphatic heterocycles. The van der Waals surface area contributed by atoms with Gasteiger partial charge in [0.1, 0.15) is 5.82 Å². The van der Waals surface area contributed by atoms with Gasteiger partial charge in [-0.25, -0.2) is 4.98 Å². The molecule has 0 saturated heterocycles. The molecular weight excluding hydrogens is 222 g/mol. The number of imidazole rings is 1. The maximum Gasteiger partial charge on any atom is 0.111 e. The van der Waals surface area contributed by atoms with E-state index in [0.717, 1.165) is 25.0 Å². The molecule has 1 atom stereocenters. The van der Waals surface area contributed by atoms with E-state index in [4.69, 9.17) is 4.98 Å². The highest BCUT2D eigenvalue weighted by molar-refractivity contribution is 5.76. The van der Waals surface area contributed by atoms with Crippen LogP contribution in [0.25, 0.3) is 11.0 Å². The highest BCUT2D eigenvalue weighted by atomic mass is 15.1. The Hall–Kier alpha value is -1.35. The van der Waals surface area contributed by atoms with Crippen molar-refractivity contribution in [3.8, 4) is 0 Å². The van der Waals surface area contributed by atoms with Gasteiger partial charge in [0, 0.05) is 19.0 Å². The minimum atomic E-state index is 0.471. The summed E-state index contributed by atoms with van der Waals surface area (Å²) < 4.78 is 2.32. The van der Waals surface area contributed by atoms with E-state index in [2.05, 4.69) is 55.8 Å². The largest absolute Gasteiger partial charge is 0.328 e. The van der Waals surface area contributed by atoms with Crippen molar-refractivity contribution < 1.29 is 0 Å². The number of aryl methyl sites for hydroxylation is 2. The quantitative estimate of drug-likeness (QED) is 0.877. The first-order valence-electron chi connectivity index (χ1n) is 6.84. The van der Waals surface area contributed by atoms with Crippen LogP contribution in [0.2, 0.25) is 0 Å². The topological polar surface area (TPSA) is 29.9 Å². The lowest BCUT2D eigenvalue weighted by Crippen LogP contribution is -2.28. The maximum absolute atomic E-state index is 4.79. The summed E-state index contributed by atoms with van der Waals surface area (Å²) in [5.41, 5.74) is 3.65. The molecule has 3 nitrogen and oxygen atoms in total. The lowest BCUT2D eigenvalue weighted by atomic mass is 10.2. The van der Waals surface area contributed by atoms with Gasteiger partial charge in [0.15, 0.2) is 0 Å². The lowest BCUT2D eigenvalue weighted by Gasteiger charge is -2.12. The molecule has 0 bridgehead atoms. The number of nitrogens with one attached hydrogen (secondary N) is 1. The summed E-state index contributed by atoms with van der Waals surface area (Å²) in [6.07, 6.45) is 0.982. The third kappa shape index (κ3) is 2.56. The zero-order valence-corrected chi connectivity index (χ0v) is 11.8. The van der Waals surface area contributed by atoms with Gasteiger partial charge in [-0.3, -0.25) is 0 Å². The summed E-state index contributed by atoms with van der Waals surface area (Å²) >= 11 is 0. The highest BCUT2D eigenvalue weighted by Crippen LogP contribution is 2.18. The number of hydrogen-bond acceptors (Lipinski definition) is 2. The molecule has 0 aliphatic carbocycles. The van der Waals surface area contributed by atoms with Gasteiger partial charge in [-0.15, -0.1) is 0 Å². The average Bonchev–Trinajstić information content (AvgIpc) is 2.65. The van der Waals surface area contributed by atoms with Crippen LogP contribution in [0.1, 0.15) is 32.2 Å². The Morgan fingerprint density at radius 2 is 2.11 bits per heavy atom. The number of fused-ring (bicyclic) bond motifs is 1. The molecular formula is C15H23N3. The molecule has 0 fully saturated rings. The van der Waals surface area contributed by atoms with Crippen molar-refractivity contribution in [3.63, 3.8) is 0 Å². The SMILES string of the molecule is CCNC(C)Cc1nc2cc(C)ccc2n1CC. The zero-order valence-electron chi connectivity index (χ0n) is 11.8. The van der Waals surface area contributed by atoms with Crippen molar-refractivity contribution in [3.05, 3.63) is 29.6 Å². The molecule has 98 valence electrons. The van der Waals surface area contributed by atoms with Crippen molar-refractivity contribution in [2.75, 3.05) is 6.54 Å². The molecule has 1 aromatic carbocycles. The van der Waals surface area contributed by atoms with Gasteiger partial charge in [-0.1, -0.05) is 13.0 Å². The van der Waals surface area contributed by atoms with E-state index in [1.54, 1.807) is 0 Å². The molecule has 1 heterocycles. The number of aromatic nitrogens is 2. The Morgan fingerprint density at radius 3 is 2.78 bits per heavy atom. The lowest BCUT2D eigenvalue weighted by molar-refractivity contribution is 0.538. The molecule has 3 heteroatoms. The summed E-state index contributed by atoms with van der Waals surface area (Å²) in [5, 5.41) is 3.45. The van der Waals surface area contributed by atoms with Gasteiger partial charge in [-0.2, -0.15) is 0 Å². The van der Waals surface area contributed by atoms with Crippen LogP contribution in [0.5, 0.6) is 0 Å². The minimum Gasteiger partial charge on any atom is -0.328 e. The van der Waals surface area contributed by atoms with Crippen LogP contribution in [0, 0.1) is 6.92 Å². The van der Waals surface area contributed by atoms with Crippen LogP contribution in [-0.2, 0) is 13.0 Å². The molecule has 0 amide bonds. The molecule has 2 rings (SSSR count). The molecule has 2 aromatic rings. The second kappa shape index (κ2) is 5.53. The zero-order chi connectivity index (χ0) is 13.1. The number of nitrogens with zero attached hydrogens (tertiary/aromatic N) is 2. The number of likely N-dealkylation sites (N-methyl/N-ethyl adjacent to an activating group) is 1. The summed E-state index contributed by atoms with van der Waals surface area (Å²) in [5.74, 6) is 1.19. The fourth-order valence-electron chi connectivity index (χ4n) is 2.49. The summed E-state index contributed by atoms with van der Waals surface area (Å²) in [4.78, 5) is 4.79. The van der Waals surface area contributed by atoms with Crippen molar-refractivity contribution in [1.82, 2.24) is 14.9 Å². The van der Waals surface area contributed by atoms with Gasteiger partial charge in [0.2, 0.25) is 0 Å². The van der Waals surface area contributed by atoms with Crippen LogP contribution in [0.4, 0.5) is 0 Å². The first kappa shape index (κ1) is 13.1. The molecule has 0 aliphatic rings. The van der Waals surface area contributed by atoms with Crippen LogP contribution in [-0.4, -0.2) is 22.1 Å². The van der Waals surface area contributed by atoms with E-state index in [0.29, 0.717) is 6.04 Å². The molecule has 0 saturated carbocycles. The Bertz CT molecular complexity index is 528. The molecule has 0 spiro atoms. The third-order valence-electron chi connectivity index (χ3n) is 3.34. The van der Waals surface area contributed by atoms with E-state index >= 15 is 0 Å². The van der Waals surface area contributed by atoms with E-state index in [1.165, 1.54) is 16.9 Å².